The molecule has 0 atom stereocenters. The molecule has 1 fully saturated rings. The Hall–Kier alpha value is -1.40. The van der Waals surface area contributed by atoms with Gasteiger partial charge in [0.25, 0.3) is 0 Å². The van der Waals surface area contributed by atoms with E-state index in [-0.39, 0.29) is 33.6 Å². The second-order valence-corrected chi connectivity index (χ2v) is 30.4. The van der Waals surface area contributed by atoms with Gasteiger partial charge in [-0.1, -0.05) is 71.1 Å². The van der Waals surface area contributed by atoms with Crippen LogP contribution in [0.25, 0.3) is 0 Å². The van der Waals surface area contributed by atoms with Crippen molar-refractivity contribution in [1.82, 2.24) is 9.97 Å². The van der Waals surface area contributed by atoms with E-state index in [2.05, 4.69) is 109 Å². The molecule has 50 heavy (non-hydrogen) atoms. The predicted octanol–water partition coefficient (Wildman–Crippen LogP) is 9.80. The van der Waals surface area contributed by atoms with Gasteiger partial charge in [-0.05, 0) is 64.8 Å². The molecular weight excluding hydrogens is 759 g/mol. The number of rotatable bonds is 4. The molecule has 12 heteroatoms. The minimum Gasteiger partial charge on any atom is -0.381 e. The minimum absolute atomic E-state index is 0. The number of hydrogen-bond acceptors (Lipinski definition) is 7. The molecule has 0 spiro atoms. The zero-order valence-electron chi connectivity index (χ0n) is 34.7. The largest absolute Gasteiger partial charge is 2.00 e. The Bertz CT molecular complexity index is 1080. The SMILES string of the molecule is C1CCOC1.CN=C(C)c1cccc(C(C)=NC)n1.CN=C(C)c1cccc(C(C)=NC)n1.[CH2-][Si](C)(C)C.[CH2-][Si](C)(C)C.[CH2-][Si](C)(C)C.[Co+2].[Co]. The van der Waals surface area contributed by atoms with E-state index < -0.39 is 24.2 Å². The third-order valence-electron chi connectivity index (χ3n) is 5.15. The van der Waals surface area contributed by atoms with Gasteiger partial charge in [0.05, 0.1) is 45.6 Å². The smallest absolute Gasteiger partial charge is 0.381 e. The van der Waals surface area contributed by atoms with Crippen LogP contribution in [0, 0.1) is 19.6 Å². The summed E-state index contributed by atoms with van der Waals surface area (Å²) in [6.07, 6.45) is 2.56. The molecule has 2 aromatic heterocycles. The summed E-state index contributed by atoms with van der Waals surface area (Å²) in [5.41, 5.74) is 7.40. The van der Waals surface area contributed by atoms with Crippen LogP contribution in [0.15, 0.2) is 56.4 Å². The average molecular weight is 830 g/mol. The fourth-order valence-corrected chi connectivity index (χ4v) is 2.64. The standard InChI is InChI=1S/2C11H15N3.C4H8O.3C4H11Si.2Co/c2*1-8(12-3)10-6-5-7-11(14-10)9(2)13-4;1-2-4-5-3-1;3*1-5(2,3)4;;/h2*5-7H,1-4H3;1-4H2;3*1H2,2-4H3;;/q;;;3*-1;;+2. The van der Waals surface area contributed by atoms with Gasteiger partial charge in [0.1, 0.15) is 0 Å². The third-order valence-corrected chi connectivity index (χ3v) is 5.15. The summed E-state index contributed by atoms with van der Waals surface area (Å²) in [5.74, 6) is 0. The molecule has 0 aromatic carbocycles. The topological polar surface area (TPSA) is 84.5 Å². The van der Waals surface area contributed by atoms with Gasteiger partial charge in [-0.25, -0.2) is 9.97 Å². The van der Waals surface area contributed by atoms with E-state index in [1.54, 1.807) is 28.2 Å². The second kappa shape index (κ2) is 31.2. The minimum atomic E-state index is -0.861. The molecule has 0 N–H and O–H groups in total. The van der Waals surface area contributed by atoms with E-state index in [0.29, 0.717) is 0 Å². The second-order valence-electron chi connectivity index (χ2n) is 15.1. The first kappa shape index (κ1) is 57.9. The van der Waals surface area contributed by atoms with Gasteiger partial charge in [-0.2, -0.15) is 0 Å². The van der Waals surface area contributed by atoms with E-state index in [0.717, 1.165) is 58.8 Å². The number of pyridine rings is 2. The number of aromatic nitrogens is 2. The van der Waals surface area contributed by atoms with Gasteiger partial charge in [-0.15, -0.1) is 24.2 Å². The summed E-state index contributed by atoms with van der Waals surface area (Å²) in [4.78, 5) is 25.3. The molecule has 2 aromatic rings. The van der Waals surface area contributed by atoms with Crippen molar-refractivity contribution in [3.63, 3.8) is 0 Å². The molecule has 290 valence electrons. The molecule has 0 bridgehead atoms. The monoisotopic (exact) mass is 829 g/mol. The van der Waals surface area contributed by atoms with Crippen LogP contribution < -0.4 is 0 Å². The maximum Gasteiger partial charge on any atom is 2.00 e. The molecule has 1 aliphatic rings. The van der Waals surface area contributed by atoms with Crippen LogP contribution in [-0.4, -0.2) is 98.4 Å². The first-order valence-corrected chi connectivity index (χ1v) is 27.8. The van der Waals surface area contributed by atoms with Crippen molar-refractivity contribution in [3.8, 4) is 0 Å². The number of hydrogen-bond donors (Lipinski definition) is 0. The third kappa shape index (κ3) is 42.8. The van der Waals surface area contributed by atoms with Crippen LogP contribution in [0.5, 0.6) is 0 Å². The van der Waals surface area contributed by atoms with Crippen molar-refractivity contribution in [2.45, 2.75) is 99.5 Å². The van der Waals surface area contributed by atoms with Crippen molar-refractivity contribution >= 4 is 47.1 Å². The van der Waals surface area contributed by atoms with E-state index in [1.165, 1.54) is 12.8 Å². The van der Waals surface area contributed by atoms with Crippen molar-refractivity contribution in [2.75, 3.05) is 41.4 Å². The molecule has 0 unspecified atom stereocenters. The fraction of sp³-hybridized carbons (Fsp3) is 0.553. The summed E-state index contributed by atoms with van der Waals surface area (Å²) < 4.78 is 4.94. The Kier molecular flexibility index (Phi) is 36.1. The first-order valence-electron chi connectivity index (χ1n) is 16.7. The normalized spacial score (nSPS) is 13.4. The zero-order valence-corrected chi connectivity index (χ0v) is 39.8. The van der Waals surface area contributed by atoms with E-state index in [4.69, 9.17) is 4.74 Å². The number of ether oxygens (including phenoxy) is 1. The summed E-state index contributed by atoms with van der Waals surface area (Å²) in [5, 5.41) is 0. The van der Waals surface area contributed by atoms with Gasteiger partial charge in [0.2, 0.25) is 0 Å². The number of aliphatic imine (C=N–C) groups is 4. The van der Waals surface area contributed by atoms with Crippen molar-refractivity contribution in [3.05, 3.63) is 78.8 Å². The molecule has 0 aliphatic carbocycles. The van der Waals surface area contributed by atoms with Gasteiger partial charge >= 0.3 is 16.8 Å². The molecular formula is C38H71Co2N6OSi3-. The van der Waals surface area contributed by atoms with Gasteiger partial charge in [0.15, 0.2) is 0 Å². The Morgan fingerprint density at radius 3 is 0.820 bits per heavy atom. The molecule has 7 nitrogen and oxygen atoms in total. The average Bonchev–Trinajstić information content (AvgIpc) is 3.58. The number of nitrogens with zero attached hydrogens (tertiary/aromatic N) is 6. The Morgan fingerprint density at radius 2 is 0.700 bits per heavy atom. The van der Waals surface area contributed by atoms with Crippen molar-refractivity contribution in [2.24, 2.45) is 20.0 Å². The summed E-state index contributed by atoms with van der Waals surface area (Å²) >= 11 is 0. The molecule has 3 rings (SSSR count). The van der Waals surface area contributed by atoms with Crippen LogP contribution >= 0.6 is 0 Å². The Balaban J connectivity index is -0.000000173. The van der Waals surface area contributed by atoms with Crippen LogP contribution in [0.3, 0.4) is 0 Å². The molecule has 1 aliphatic heterocycles. The fourth-order valence-electron chi connectivity index (χ4n) is 2.64. The van der Waals surface area contributed by atoms with Gasteiger partial charge in [0, 0.05) is 58.2 Å². The van der Waals surface area contributed by atoms with Crippen LogP contribution in [0.4, 0.5) is 0 Å². The maximum atomic E-state index is 4.94. The van der Waals surface area contributed by atoms with Crippen LogP contribution in [-0.2, 0) is 38.3 Å². The zero-order chi connectivity index (χ0) is 38.1. The van der Waals surface area contributed by atoms with Crippen molar-refractivity contribution in [1.29, 1.82) is 0 Å². The predicted molar refractivity (Wildman–Crippen MR) is 227 cm³/mol. The quantitative estimate of drug-likeness (QED) is 0.175. The van der Waals surface area contributed by atoms with E-state index in [9.17, 15) is 0 Å². The van der Waals surface area contributed by atoms with Gasteiger partial charge in [-0.3, -0.25) is 20.0 Å². The molecule has 3 heterocycles. The maximum absolute atomic E-state index is 4.94. The first-order chi connectivity index (χ1) is 21.9. The summed E-state index contributed by atoms with van der Waals surface area (Å²) in [6.45, 7) is 41.5. The van der Waals surface area contributed by atoms with E-state index in [1.807, 2.05) is 64.1 Å². The molecule has 0 amide bonds. The molecule has 1 saturated heterocycles. The summed E-state index contributed by atoms with van der Waals surface area (Å²) in [6, 6.07) is 11.8. The van der Waals surface area contributed by atoms with E-state index >= 15 is 0 Å². The van der Waals surface area contributed by atoms with Crippen molar-refractivity contribution < 1.29 is 38.3 Å². The summed E-state index contributed by atoms with van der Waals surface area (Å²) in [7, 11) is 4.49. The Labute approximate surface area is 333 Å². The Morgan fingerprint density at radius 1 is 0.520 bits per heavy atom. The van der Waals surface area contributed by atoms with Gasteiger partial charge < -0.3 is 24.4 Å². The molecule has 2 radical (unpaired) electrons. The van der Waals surface area contributed by atoms with Crippen LogP contribution in [0.1, 0.15) is 63.3 Å². The molecule has 0 saturated carbocycles. The van der Waals surface area contributed by atoms with Crippen LogP contribution in [0.2, 0.25) is 58.9 Å².